The molecule has 11 heteroatoms. The summed E-state index contributed by atoms with van der Waals surface area (Å²) in [6.07, 6.45) is -9.19. The van der Waals surface area contributed by atoms with Crippen molar-refractivity contribution in [3.05, 3.63) is 64.2 Å². The fourth-order valence-electron chi connectivity index (χ4n) is 2.03. The molecule has 2 rings (SSSR count). The van der Waals surface area contributed by atoms with Crippen molar-refractivity contribution in [3.8, 4) is 0 Å². The lowest BCUT2D eigenvalue weighted by Crippen LogP contribution is -2.13. The van der Waals surface area contributed by atoms with Gasteiger partial charge in [0, 0.05) is 21.7 Å². The molecule has 3 nitrogen and oxygen atoms in total. The molecule has 0 saturated heterocycles. The van der Waals surface area contributed by atoms with Crippen LogP contribution >= 0.6 is 11.6 Å². The molecule has 27 heavy (non-hydrogen) atoms. The molecule has 0 bridgehead atoms. The van der Waals surface area contributed by atoms with E-state index in [1.807, 2.05) is 0 Å². The quantitative estimate of drug-likeness (QED) is 0.577. The second-order valence-electron chi connectivity index (χ2n) is 5.45. The SMILES string of the molecule is CS(=O)(=NC(=O)c1cc(C(F)(F)F)cc(C(F)(F)F)c1)c1ccc(Cl)cc1. The molecule has 0 N–H and O–H groups in total. The highest BCUT2D eigenvalue weighted by atomic mass is 35.5. The third-order valence-corrected chi connectivity index (χ3v) is 5.26. The van der Waals surface area contributed by atoms with Crippen LogP contribution in [0.3, 0.4) is 0 Å². The summed E-state index contributed by atoms with van der Waals surface area (Å²) < 4.78 is 93.1. The molecule has 1 amide bonds. The summed E-state index contributed by atoms with van der Waals surface area (Å²) in [6, 6.07) is 5.64. The van der Waals surface area contributed by atoms with Crippen molar-refractivity contribution in [3.63, 3.8) is 0 Å². The Morgan fingerprint density at radius 1 is 0.926 bits per heavy atom. The largest absolute Gasteiger partial charge is 0.416 e. The summed E-state index contributed by atoms with van der Waals surface area (Å²) in [7, 11) is -3.42. The van der Waals surface area contributed by atoms with E-state index in [0.717, 1.165) is 6.26 Å². The van der Waals surface area contributed by atoms with Gasteiger partial charge in [0.2, 0.25) is 0 Å². The maximum Gasteiger partial charge on any atom is 0.416 e. The van der Waals surface area contributed by atoms with Crippen LogP contribution in [0, 0.1) is 0 Å². The Labute approximate surface area is 155 Å². The van der Waals surface area contributed by atoms with Crippen molar-refractivity contribution in [2.75, 3.05) is 6.26 Å². The Bertz CT molecular complexity index is 957. The highest BCUT2D eigenvalue weighted by Crippen LogP contribution is 2.36. The van der Waals surface area contributed by atoms with E-state index >= 15 is 0 Å². The first kappa shape index (κ1) is 21.2. The molecule has 0 aliphatic rings. The predicted molar refractivity (Wildman–Crippen MR) is 87.0 cm³/mol. The maximum atomic E-state index is 12.9. The fourth-order valence-corrected chi connectivity index (χ4v) is 3.32. The summed E-state index contributed by atoms with van der Waals surface area (Å²) in [6.45, 7) is 0. The highest BCUT2D eigenvalue weighted by Gasteiger charge is 2.37. The van der Waals surface area contributed by atoms with Gasteiger partial charge in [0.15, 0.2) is 0 Å². The van der Waals surface area contributed by atoms with Crippen molar-refractivity contribution in [2.45, 2.75) is 17.2 Å². The van der Waals surface area contributed by atoms with E-state index in [4.69, 9.17) is 11.6 Å². The fraction of sp³-hybridized carbons (Fsp3) is 0.188. The van der Waals surface area contributed by atoms with Crippen molar-refractivity contribution >= 4 is 27.2 Å². The number of rotatable bonds is 2. The Kier molecular flexibility index (Phi) is 5.63. The molecule has 0 radical (unpaired) electrons. The predicted octanol–water partition coefficient (Wildman–Crippen LogP) is 5.67. The van der Waals surface area contributed by atoms with Crippen molar-refractivity contribution in [1.29, 1.82) is 0 Å². The number of amides is 1. The number of nitrogens with zero attached hydrogens (tertiary/aromatic N) is 1. The molecule has 146 valence electrons. The van der Waals surface area contributed by atoms with Gasteiger partial charge in [-0.05, 0) is 42.5 Å². The van der Waals surface area contributed by atoms with Gasteiger partial charge < -0.3 is 0 Å². The van der Waals surface area contributed by atoms with Crippen molar-refractivity contribution < 1.29 is 35.3 Å². The molecular weight excluding hydrogens is 420 g/mol. The number of hydrogen-bond acceptors (Lipinski definition) is 2. The van der Waals surface area contributed by atoms with Crippen LogP contribution in [0.5, 0.6) is 0 Å². The lowest BCUT2D eigenvalue weighted by molar-refractivity contribution is -0.143. The number of hydrogen-bond donors (Lipinski definition) is 0. The Morgan fingerprint density at radius 3 is 1.78 bits per heavy atom. The molecule has 0 aliphatic carbocycles. The second kappa shape index (κ2) is 7.16. The molecular formula is C16H10ClF6NO2S. The van der Waals surface area contributed by atoms with Crippen LogP contribution in [0.1, 0.15) is 21.5 Å². The normalized spacial score (nSPS) is 14.5. The van der Waals surface area contributed by atoms with E-state index in [2.05, 4.69) is 4.36 Å². The lowest BCUT2D eigenvalue weighted by atomic mass is 10.0. The van der Waals surface area contributed by atoms with E-state index in [9.17, 15) is 35.3 Å². The number of carbonyl (C=O) groups is 1. The first-order chi connectivity index (χ1) is 12.2. The number of alkyl halides is 6. The molecule has 0 fully saturated rings. The molecule has 0 heterocycles. The van der Waals surface area contributed by atoms with E-state index in [0.29, 0.717) is 5.02 Å². The van der Waals surface area contributed by atoms with Crippen LogP contribution in [0.25, 0.3) is 0 Å². The standard InChI is InChI=1S/C16H10ClF6NO2S/c1-27(26,13-4-2-12(17)3-5-13)24-14(25)9-6-10(15(18,19)20)8-11(7-9)16(21,22)23/h2-8H,1H3. The Hall–Kier alpha value is -2.07. The lowest BCUT2D eigenvalue weighted by Gasteiger charge is -2.13. The first-order valence-corrected chi connectivity index (χ1v) is 9.32. The number of halogens is 7. The molecule has 1 atom stereocenters. The average molecular weight is 430 g/mol. The van der Waals surface area contributed by atoms with E-state index in [-0.39, 0.29) is 23.1 Å². The monoisotopic (exact) mass is 429 g/mol. The van der Waals surface area contributed by atoms with Gasteiger partial charge in [-0.15, -0.1) is 0 Å². The van der Waals surface area contributed by atoms with E-state index < -0.39 is 44.7 Å². The van der Waals surface area contributed by atoms with E-state index in [1.165, 1.54) is 24.3 Å². The summed E-state index contributed by atoms with van der Waals surface area (Å²) >= 11 is 5.68. The van der Waals surface area contributed by atoms with Gasteiger partial charge in [-0.3, -0.25) is 4.79 Å². The minimum atomic E-state index is -5.11. The third kappa shape index (κ3) is 5.23. The third-order valence-electron chi connectivity index (χ3n) is 3.34. The molecule has 2 aromatic rings. The molecule has 2 aromatic carbocycles. The molecule has 0 saturated carbocycles. The van der Waals surface area contributed by atoms with E-state index in [1.54, 1.807) is 0 Å². The first-order valence-electron chi connectivity index (χ1n) is 7.02. The van der Waals surface area contributed by atoms with Crippen LogP contribution in [0.4, 0.5) is 26.3 Å². The smallest absolute Gasteiger partial charge is 0.266 e. The van der Waals surface area contributed by atoms with Crippen LogP contribution < -0.4 is 0 Å². The zero-order chi connectivity index (χ0) is 20.6. The minimum Gasteiger partial charge on any atom is -0.266 e. The molecule has 0 aliphatic heterocycles. The van der Waals surface area contributed by atoms with Crippen LogP contribution in [0.2, 0.25) is 5.02 Å². The van der Waals surface area contributed by atoms with Gasteiger partial charge in [-0.2, -0.15) is 30.7 Å². The summed E-state index contributed by atoms with van der Waals surface area (Å²) in [5.41, 5.74) is -4.30. The van der Waals surface area contributed by atoms with Crippen LogP contribution in [-0.4, -0.2) is 16.4 Å². The van der Waals surface area contributed by atoms with Gasteiger partial charge in [-0.25, -0.2) is 4.21 Å². The summed E-state index contributed by atoms with van der Waals surface area (Å²) in [4.78, 5) is 12.2. The zero-order valence-corrected chi connectivity index (χ0v) is 14.9. The number of carbonyl (C=O) groups excluding carboxylic acids is 1. The van der Waals surface area contributed by atoms with Crippen molar-refractivity contribution in [1.82, 2.24) is 0 Å². The van der Waals surface area contributed by atoms with Gasteiger partial charge in [0.25, 0.3) is 5.91 Å². The minimum absolute atomic E-state index is 0.0447. The summed E-state index contributed by atoms with van der Waals surface area (Å²) in [5.74, 6) is -1.46. The second-order valence-corrected chi connectivity index (χ2v) is 8.14. The van der Waals surface area contributed by atoms with Gasteiger partial charge in [-0.1, -0.05) is 11.6 Å². The maximum absolute atomic E-state index is 12.9. The van der Waals surface area contributed by atoms with Gasteiger partial charge >= 0.3 is 12.4 Å². The van der Waals surface area contributed by atoms with Crippen molar-refractivity contribution in [2.24, 2.45) is 4.36 Å². The highest BCUT2D eigenvalue weighted by molar-refractivity contribution is 7.93. The Balaban J connectivity index is 2.58. The Morgan fingerprint density at radius 2 is 1.37 bits per heavy atom. The van der Waals surface area contributed by atoms with Gasteiger partial charge in [0.1, 0.15) is 0 Å². The zero-order valence-electron chi connectivity index (χ0n) is 13.4. The molecule has 0 aromatic heterocycles. The topological polar surface area (TPSA) is 46.5 Å². The summed E-state index contributed by atoms with van der Waals surface area (Å²) in [5, 5.41) is 0.299. The van der Waals surface area contributed by atoms with Crippen LogP contribution in [0.15, 0.2) is 51.7 Å². The van der Waals surface area contributed by atoms with Gasteiger partial charge in [0.05, 0.1) is 20.9 Å². The van der Waals surface area contributed by atoms with Crippen LogP contribution in [-0.2, 0) is 22.1 Å². The molecule has 0 spiro atoms. The number of benzene rings is 2. The average Bonchev–Trinajstić information content (AvgIpc) is 2.52. The molecule has 1 unspecified atom stereocenters.